The number of allylic oxidation sites excluding steroid dienone is 2. The number of ketones is 1. The Balaban J connectivity index is 1.60. The Bertz CT molecular complexity index is 1260. The van der Waals surface area contributed by atoms with Crippen LogP contribution in [0.4, 0.5) is 11.5 Å². The second-order valence-corrected chi connectivity index (χ2v) is 7.98. The molecule has 2 N–H and O–H groups in total. The molecule has 0 saturated carbocycles. The van der Waals surface area contributed by atoms with Crippen molar-refractivity contribution in [3.63, 3.8) is 0 Å². The van der Waals surface area contributed by atoms with Crippen molar-refractivity contribution in [2.24, 2.45) is 0 Å². The van der Waals surface area contributed by atoms with Crippen molar-refractivity contribution in [1.29, 1.82) is 0 Å². The Morgan fingerprint density at radius 2 is 1.88 bits per heavy atom. The molecular weight excluding hydrogens is 420 g/mol. The van der Waals surface area contributed by atoms with Gasteiger partial charge in [0.05, 0.1) is 20.4 Å². The maximum Gasteiger partial charge on any atom is 0.261 e. The highest BCUT2D eigenvalue weighted by Crippen LogP contribution is 2.43. The van der Waals surface area contributed by atoms with E-state index in [0.717, 1.165) is 24.1 Å². The number of hydrogen-bond acceptors (Lipinski definition) is 6. The van der Waals surface area contributed by atoms with Gasteiger partial charge in [-0.3, -0.25) is 9.59 Å². The summed E-state index contributed by atoms with van der Waals surface area (Å²) in [7, 11) is 3.16. The summed E-state index contributed by atoms with van der Waals surface area (Å²) in [5.41, 5.74) is 3.46. The molecule has 0 bridgehead atoms. The molecule has 0 spiro atoms. The largest absolute Gasteiger partial charge is 0.493 e. The van der Waals surface area contributed by atoms with E-state index < -0.39 is 6.04 Å². The molecule has 168 valence electrons. The molecule has 2 aliphatic rings. The van der Waals surface area contributed by atoms with E-state index in [1.54, 1.807) is 18.9 Å². The first-order valence-corrected chi connectivity index (χ1v) is 10.8. The third-order valence-electron chi connectivity index (χ3n) is 6.04. The number of hydrogen-bond donors (Lipinski definition) is 2. The van der Waals surface area contributed by atoms with Crippen LogP contribution in [0.15, 0.2) is 66.0 Å². The Morgan fingerprint density at radius 1 is 1.09 bits per heavy atom. The van der Waals surface area contributed by atoms with E-state index in [1.807, 2.05) is 48.5 Å². The average Bonchev–Trinajstić information content (AvgIpc) is 3.27. The van der Waals surface area contributed by atoms with Gasteiger partial charge in [0.25, 0.3) is 5.91 Å². The minimum atomic E-state index is -0.470. The quantitative estimate of drug-likeness (QED) is 0.613. The fourth-order valence-corrected chi connectivity index (χ4v) is 4.48. The smallest absolute Gasteiger partial charge is 0.261 e. The summed E-state index contributed by atoms with van der Waals surface area (Å²) in [5, 5.41) is 10.8. The lowest BCUT2D eigenvalue weighted by Gasteiger charge is -2.33. The highest BCUT2D eigenvalue weighted by molar-refractivity contribution is 6.08. The number of nitrogens with one attached hydrogen (secondary N) is 2. The number of ether oxygens (including phenoxy) is 2. The molecule has 1 aliphatic carbocycles. The van der Waals surface area contributed by atoms with Gasteiger partial charge in [0.2, 0.25) is 0 Å². The molecular formula is C25H24N4O4. The highest BCUT2D eigenvalue weighted by Gasteiger charge is 2.37. The summed E-state index contributed by atoms with van der Waals surface area (Å²) in [6, 6.07) is 14.4. The average molecular weight is 444 g/mol. The van der Waals surface area contributed by atoms with E-state index in [0.29, 0.717) is 40.6 Å². The van der Waals surface area contributed by atoms with Gasteiger partial charge in [0.15, 0.2) is 17.3 Å². The fraction of sp³-hybridized carbons (Fsp3) is 0.240. The molecule has 3 aromatic rings. The van der Waals surface area contributed by atoms with Crippen LogP contribution in [0, 0.1) is 0 Å². The second kappa shape index (κ2) is 8.46. The Kier molecular flexibility index (Phi) is 5.34. The van der Waals surface area contributed by atoms with E-state index in [2.05, 4.69) is 15.7 Å². The van der Waals surface area contributed by atoms with Gasteiger partial charge in [-0.05, 0) is 42.7 Å². The molecule has 1 amide bonds. The number of carbonyl (C=O) groups excluding carboxylic acids is 2. The number of carbonyl (C=O) groups is 2. The number of methoxy groups -OCH3 is 2. The molecule has 1 unspecified atom stereocenters. The summed E-state index contributed by atoms with van der Waals surface area (Å²) < 4.78 is 12.6. The predicted molar refractivity (Wildman–Crippen MR) is 124 cm³/mol. The van der Waals surface area contributed by atoms with Crippen molar-refractivity contribution in [2.45, 2.75) is 25.3 Å². The second-order valence-electron chi connectivity index (χ2n) is 7.98. The first-order chi connectivity index (χ1) is 16.1. The first-order valence-electron chi connectivity index (χ1n) is 10.8. The van der Waals surface area contributed by atoms with Crippen LogP contribution in [-0.4, -0.2) is 35.7 Å². The van der Waals surface area contributed by atoms with Gasteiger partial charge in [-0.1, -0.05) is 24.3 Å². The molecule has 5 rings (SSSR count). The topological polar surface area (TPSA) is 94.5 Å². The van der Waals surface area contributed by atoms with Crippen LogP contribution in [-0.2, 0) is 4.79 Å². The summed E-state index contributed by atoms with van der Waals surface area (Å²) in [6.45, 7) is 0. The zero-order valence-electron chi connectivity index (χ0n) is 18.4. The number of benzene rings is 2. The number of aromatic nitrogens is 2. The van der Waals surface area contributed by atoms with Crippen molar-refractivity contribution in [2.75, 3.05) is 24.9 Å². The number of amides is 1. The van der Waals surface area contributed by atoms with E-state index in [9.17, 15) is 9.59 Å². The molecule has 1 aliphatic heterocycles. The van der Waals surface area contributed by atoms with Crippen LogP contribution < -0.4 is 20.1 Å². The SMILES string of the molecule is COc1ccc(C2C3=C(CCCC3=O)Nc3c(C(=O)Nc4ccccc4)cnn32)cc1OC. The zero-order valence-corrected chi connectivity index (χ0v) is 18.4. The summed E-state index contributed by atoms with van der Waals surface area (Å²) in [4.78, 5) is 26.1. The van der Waals surface area contributed by atoms with Gasteiger partial charge in [-0.2, -0.15) is 5.10 Å². The molecule has 2 heterocycles. The third-order valence-corrected chi connectivity index (χ3v) is 6.04. The maximum absolute atomic E-state index is 13.1. The van der Waals surface area contributed by atoms with Crippen LogP contribution in [0.2, 0.25) is 0 Å². The van der Waals surface area contributed by atoms with E-state index in [4.69, 9.17) is 9.47 Å². The van der Waals surface area contributed by atoms with Crippen molar-refractivity contribution >= 4 is 23.2 Å². The Labute approximate surface area is 191 Å². The number of para-hydroxylation sites is 1. The van der Waals surface area contributed by atoms with Gasteiger partial charge >= 0.3 is 0 Å². The zero-order chi connectivity index (χ0) is 22.9. The molecule has 33 heavy (non-hydrogen) atoms. The maximum atomic E-state index is 13.1. The minimum Gasteiger partial charge on any atom is -0.493 e. The monoisotopic (exact) mass is 444 g/mol. The number of nitrogens with zero attached hydrogens (tertiary/aromatic N) is 2. The van der Waals surface area contributed by atoms with Gasteiger partial charge in [-0.25, -0.2) is 4.68 Å². The van der Waals surface area contributed by atoms with E-state index in [-0.39, 0.29) is 11.7 Å². The predicted octanol–water partition coefficient (Wildman–Crippen LogP) is 4.17. The van der Waals surface area contributed by atoms with E-state index in [1.165, 1.54) is 6.20 Å². The molecule has 0 fully saturated rings. The van der Waals surface area contributed by atoms with Crippen LogP contribution in [0.5, 0.6) is 11.5 Å². The summed E-state index contributed by atoms with van der Waals surface area (Å²) in [6.07, 6.45) is 3.53. The number of fused-ring (bicyclic) bond motifs is 1. The van der Waals surface area contributed by atoms with Crippen molar-refractivity contribution in [3.8, 4) is 11.5 Å². The molecule has 1 atom stereocenters. The van der Waals surface area contributed by atoms with Crippen molar-refractivity contribution in [1.82, 2.24) is 9.78 Å². The lowest BCUT2D eigenvalue weighted by molar-refractivity contribution is -0.116. The van der Waals surface area contributed by atoms with Crippen LogP contribution >= 0.6 is 0 Å². The summed E-state index contributed by atoms with van der Waals surface area (Å²) in [5.74, 6) is 1.54. The summed E-state index contributed by atoms with van der Waals surface area (Å²) >= 11 is 0. The molecule has 8 heteroatoms. The third kappa shape index (κ3) is 3.63. The van der Waals surface area contributed by atoms with Crippen molar-refractivity contribution in [3.05, 3.63) is 77.1 Å². The van der Waals surface area contributed by atoms with Gasteiger partial charge in [0, 0.05) is 23.4 Å². The molecule has 1 aromatic heterocycles. The molecule has 8 nitrogen and oxygen atoms in total. The Hall–Kier alpha value is -4.07. The van der Waals surface area contributed by atoms with Crippen LogP contribution in [0.3, 0.4) is 0 Å². The lowest BCUT2D eigenvalue weighted by atomic mass is 9.85. The van der Waals surface area contributed by atoms with Gasteiger partial charge in [-0.15, -0.1) is 0 Å². The van der Waals surface area contributed by atoms with Crippen molar-refractivity contribution < 1.29 is 19.1 Å². The molecule has 0 saturated heterocycles. The number of Topliss-reactive ketones (excluding diaryl/α,β-unsaturated/α-hetero) is 1. The van der Waals surface area contributed by atoms with E-state index >= 15 is 0 Å². The van der Waals surface area contributed by atoms with Gasteiger partial charge in [0.1, 0.15) is 17.4 Å². The van der Waals surface area contributed by atoms with Crippen LogP contribution in [0.1, 0.15) is 41.2 Å². The lowest BCUT2D eigenvalue weighted by Crippen LogP contribution is -2.32. The highest BCUT2D eigenvalue weighted by atomic mass is 16.5. The number of rotatable bonds is 5. The minimum absolute atomic E-state index is 0.0833. The normalized spacial score (nSPS) is 17.0. The fourth-order valence-electron chi connectivity index (χ4n) is 4.48. The van der Waals surface area contributed by atoms with Gasteiger partial charge < -0.3 is 20.1 Å². The molecule has 0 radical (unpaired) electrons. The first kappa shape index (κ1) is 20.8. The molecule has 2 aromatic carbocycles. The van der Waals surface area contributed by atoms with Crippen LogP contribution in [0.25, 0.3) is 0 Å². The standard InChI is InChI=1S/C25H24N4O4/c1-32-20-12-11-15(13-21(20)33-2)23-22-18(9-6-10-19(22)30)28-24-17(14-26-29(23)24)25(31)27-16-7-4-3-5-8-16/h3-5,7-8,11-14,23,28H,6,9-10H2,1-2H3,(H,27,31). The number of anilines is 2. The Morgan fingerprint density at radius 3 is 2.64 bits per heavy atom.